The fourth-order valence-corrected chi connectivity index (χ4v) is 3.45. The molecule has 2 rings (SSSR count). The second kappa shape index (κ2) is 6.66. The van der Waals surface area contributed by atoms with E-state index in [0.717, 1.165) is 12.8 Å². The van der Waals surface area contributed by atoms with Crippen LogP contribution in [-0.4, -0.2) is 16.6 Å². The minimum absolute atomic E-state index is 0.191. The molecule has 2 amide bonds. The largest absolute Gasteiger partial charge is 0.335 e. The summed E-state index contributed by atoms with van der Waals surface area (Å²) >= 11 is 0. The van der Waals surface area contributed by atoms with Crippen LogP contribution in [0.15, 0.2) is 12.3 Å². The third-order valence-electron chi connectivity index (χ3n) is 4.76. The highest BCUT2D eigenvalue weighted by molar-refractivity contribution is 5.89. The average molecular weight is 316 g/mol. The third-order valence-corrected chi connectivity index (χ3v) is 4.76. The number of nitrogens with zero attached hydrogens (tertiary/aromatic N) is 2. The predicted molar refractivity (Wildman–Crippen MR) is 92.3 cm³/mol. The number of hydrogen-bond acceptors (Lipinski definition) is 2. The van der Waals surface area contributed by atoms with Gasteiger partial charge in [-0.25, -0.2) is 4.79 Å². The third kappa shape index (κ3) is 4.07. The van der Waals surface area contributed by atoms with E-state index in [4.69, 9.17) is 5.26 Å². The van der Waals surface area contributed by atoms with Crippen molar-refractivity contribution in [2.24, 2.45) is 11.8 Å². The zero-order valence-electron chi connectivity index (χ0n) is 14.8. The van der Waals surface area contributed by atoms with Gasteiger partial charge >= 0.3 is 6.03 Å². The van der Waals surface area contributed by atoms with Crippen LogP contribution in [0.4, 0.5) is 10.6 Å². The van der Waals surface area contributed by atoms with E-state index >= 15 is 0 Å². The zero-order valence-corrected chi connectivity index (χ0v) is 14.8. The Kier molecular flexibility index (Phi) is 5.03. The van der Waals surface area contributed by atoms with Gasteiger partial charge in [0.15, 0.2) is 0 Å². The van der Waals surface area contributed by atoms with Crippen molar-refractivity contribution in [3.8, 4) is 6.07 Å². The van der Waals surface area contributed by atoms with E-state index in [1.165, 1.54) is 6.42 Å². The molecule has 1 aliphatic carbocycles. The topological polar surface area (TPSA) is 69.8 Å². The molecule has 126 valence electrons. The van der Waals surface area contributed by atoms with Gasteiger partial charge < -0.3 is 9.88 Å². The fourth-order valence-electron chi connectivity index (χ4n) is 3.45. The van der Waals surface area contributed by atoms with Crippen molar-refractivity contribution in [1.82, 2.24) is 9.88 Å². The SMILES string of the molecule is CC1CCCC(C)C1NC(=O)Nc1cc(C#N)cn1C(C)(C)C. The number of rotatable bonds is 2. The summed E-state index contributed by atoms with van der Waals surface area (Å²) in [6.45, 7) is 10.5. The maximum absolute atomic E-state index is 12.4. The Balaban J connectivity index is 2.11. The highest BCUT2D eigenvalue weighted by Gasteiger charge is 2.29. The van der Waals surface area contributed by atoms with Crippen LogP contribution in [0.2, 0.25) is 0 Å². The average Bonchev–Trinajstić information content (AvgIpc) is 2.86. The minimum atomic E-state index is -0.205. The summed E-state index contributed by atoms with van der Waals surface area (Å²) in [5.41, 5.74) is 0.345. The first-order chi connectivity index (χ1) is 10.7. The maximum atomic E-state index is 12.4. The lowest BCUT2D eigenvalue weighted by atomic mass is 9.79. The van der Waals surface area contributed by atoms with Gasteiger partial charge in [0.2, 0.25) is 0 Å². The molecule has 23 heavy (non-hydrogen) atoms. The lowest BCUT2D eigenvalue weighted by Crippen LogP contribution is -2.47. The Morgan fingerprint density at radius 1 is 1.30 bits per heavy atom. The van der Waals surface area contributed by atoms with Gasteiger partial charge in [-0.1, -0.05) is 20.3 Å². The molecule has 5 nitrogen and oxygen atoms in total. The summed E-state index contributed by atoms with van der Waals surface area (Å²) in [5, 5.41) is 15.2. The van der Waals surface area contributed by atoms with E-state index in [-0.39, 0.29) is 17.6 Å². The molecular formula is C18H28N4O. The highest BCUT2D eigenvalue weighted by atomic mass is 16.2. The number of nitriles is 1. The van der Waals surface area contributed by atoms with Crippen LogP contribution < -0.4 is 10.6 Å². The van der Waals surface area contributed by atoms with Crippen LogP contribution in [0.1, 0.15) is 59.4 Å². The van der Waals surface area contributed by atoms with Gasteiger partial charge in [0.1, 0.15) is 11.9 Å². The summed E-state index contributed by atoms with van der Waals surface area (Å²) in [4.78, 5) is 12.4. The van der Waals surface area contributed by atoms with E-state index in [1.807, 2.05) is 25.3 Å². The van der Waals surface area contributed by atoms with Crippen LogP contribution in [0.3, 0.4) is 0 Å². The van der Waals surface area contributed by atoms with Crippen molar-refractivity contribution >= 4 is 11.8 Å². The first-order valence-electron chi connectivity index (χ1n) is 8.43. The molecule has 2 atom stereocenters. The lowest BCUT2D eigenvalue weighted by molar-refractivity contribution is 0.201. The smallest absolute Gasteiger partial charge is 0.320 e. The molecule has 0 radical (unpaired) electrons. The van der Waals surface area contributed by atoms with Crippen molar-refractivity contribution in [3.63, 3.8) is 0 Å². The fraction of sp³-hybridized carbons (Fsp3) is 0.667. The maximum Gasteiger partial charge on any atom is 0.320 e. The Labute approximate surface area is 139 Å². The molecule has 0 bridgehead atoms. The standard InChI is InChI=1S/C18H28N4O/c1-12-7-6-8-13(2)16(12)21-17(23)20-15-9-14(10-19)11-22(15)18(3,4)5/h9,11-13,16H,6-8H2,1-5H3,(H2,20,21,23). The molecule has 1 fully saturated rings. The number of anilines is 1. The Bertz CT molecular complexity index is 596. The van der Waals surface area contributed by atoms with Crippen molar-refractivity contribution in [3.05, 3.63) is 17.8 Å². The molecule has 5 heteroatoms. The second-order valence-corrected chi connectivity index (χ2v) is 7.78. The predicted octanol–water partition coefficient (Wildman–Crippen LogP) is 4.06. The Hall–Kier alpha value is -1.96. The number of amides is 2. The van der Waals surface area contributed by atoms with Crippen LogP contribution >= 0.6 is 0 Å². The summed E-state index contributed by atoms with van der Waals surface area (Å²) in [6.07, 6.45) is 5.33. The first-order valence-corrected chi connectivity index (χ1v) is 8.43. The summed E-state index contributed by atoms with van der Waals surface area (Å²) < 4.78 is 1.93. The van der Waals surface area contributed by atoms with Crippen molar-refractivity contribution in [2.75, 3.05) is 5.32 Å². The first kappa shape index (κ1) is 17.4. The number of carbonyl (C=O) groups excluding carboxylic acids is 1. The lowest BCUT2D eigenvalue weighted by Gasteiger charge is -2.35. The molecule has 1 aromatic rings. The normalized spacial score (nSPS) is 24.8. The van der Waals surface area contributed by atoms with Gasteiger partial charge in [-0.15, -0.1) is 0 Å². The van der Waals surface area contributed by atoms with Gasteiger partial charge in [0.05, 0.1) is 5.56 Å². The second-order valence-electron chi connectivity index (χ2n) is 7.78. The summed E-state index contributed by atoms with van der Waals surface area (Å²) in [6, 6.07) is 3.87. The Morgan fingerprint density at radius 2 is 1.91 bits per heavy atom. The van der Waals surface area contributed by atoms with Crippen molar-refractivity contribution in [1.29, 1.82) is 5.26 Å². The van der Waals surface area contributed by atoms with Gasteiger partial charge in [-0.3, -0.25) is 5.32 Å². The molecule has 1 saturated carbocycles. The van der Waals surface area contributed by atoms with E-state index in [2.05, 4.69) is 30.6 Å². The van der Waals surface area contributed by atoms with Gasteiger partial charge in [-0.2, -0.15) is 5.26 Å². The summed E-state index contributed by atoms with van der Waals surface area (Å²) in [7, 11) is 0. The van der Waals surface area contributed by atoms with Crippen LogP contribution in [0.25, 0.3) is 0 Å². The van der Waals surface area contributed by atoms with E-state index in [0.29, 0.717) is 23.2 Å². The molecule has 0 spiro atoms. The summed E-state index contributed by atoms with van der Waals surface area (Å²) in [5.74, 6) is 1.64. The molecule has 1 aromatic heterocycles. The molecule has 1 heterocycles. The van der Waals surface area contributed by atoms with E-state index in [9.17, 15) is 4.79 Å². The molecule has 0 aromatic carbocycles. The number of hydrogen-bond donors (Lipinski definition) is 2. The van der Waals surface area contributed by atoms with Gasteiger partial charge in [0, 0.05) is 17.8 Å². The van der Waals surface area contributed by atoms with Crippen LogP contribution in [0.5, 0.6) is 0 Å². The molecule has 2 N–H and O–H groups in total. The quantitative estimate of drug-likeness (QED) is 0.863. The van der Waals surface area contributed by atoms with Crippen LogP contribution in [-0.2, 0) is 5.54 Å². The van der Waals surface area contributed by atoms with Gasteiger partial charge in [0.25, 0.3) is 0 Å². The molecule has 1 aliphatic rings. The number of carbonyl (C=O) groups is 1. The number of urea groups is 1. The zero-order chi connectivity index (χ0) is 17.2. The van der Waals surface area contributed by atoms with Crippen molar-refractivity contribution < 1.29 is 4.79 Å². The van der Waals surface area contributed by atoms with Crippen molar-refractivity contribution in [2.45, 2.75) is 65.5 Å². The minimum Gasteiger partial charge on any atom is -0.335 e. The monoisotopic (exact) mass is 316 g/mol. The van der Waals surface area contributed by atoms with Crippen LogP contribution in [0, 0.1) is 23.2 Å². The molecule has 2 unspecified atom stereocenters. The van der Waals surface area contributed by atoms with E-state index in [1.54, 1.807) is 12.3 Å². The number of nitrogens with one attached hydrogen (secondary N) is 2. The van der Waals surface area contributed by atoms with Gasteiger partial charge in [-0.05, 0) is 51.5 Å². The Morgan fingerprint density at radius 3 is 2.43 bits per heavy atom. The molecular weight excluding hydrogens is 288 g/mol. The molecule has 0 saturated heterocycles. The van der Waals surface area contributed by atoms with E-state index < -0.39 is 0 Å². The number of aromatic nitrogens is 1. The highest BCUT2D eigenvalue weighted by Crippen LogP contribution is 2.29. The molecule has 0 aliphatic heterocycles.